The van der Waals surface area contributed by atoms with Crippen molar-refractivity contribution >= 4 is 33.0 Å². The number of piperazine rings is 1. The first kappa shape index (κ1) is 24.7. The minimum atomic E-state index is -3.82. The molecule has 1 saturated heterocycles. The molecule has 0 amide bonds. The molecule has 11 heteroatoms. The van der Waals surface area contributed by atoms with E-state index < -0.39 is 16.1 Å². The van der Waals surface area contributed by atoms with Crippen molar-refractivity contribution < 1.29 is 12.8 Å². The Morgan fingerprint density at radius 3 is 2.65 bits per heavy atom. The van der Waals surface area contributed by atoms with Crippen LogP contribution < -0.4 is 5.32 Å². The molecule has 1 unspecified atom stereocenters. The van der Waals surface area contributed by atoms with E-state index in [9.17, 15) is 13.7 Å². The smallest absolute Gasteiger partial charge is 0.253 e. The van der Waals surface area contributed by atoms with Crippen molar-refractivity contribution in [2.75, 3.05) is 25.0 Å². The van der Waals surface area contributed by atoms with Crippen LogP contribution in [0.4, 0.5) is 5.69 Å². The average molecular weight is 533 g/mol. The van der Waals surface area contributed by atoms with Gasteiger partial charge in [0, 0.05) is 25.3 Å². The number of rotatable bonds is 5. The maximum absolute atomic E-state index is 13.9. The van der Waals surface area contributed by atoms with Crippen molar-refractivity contribution in [3.8, 4) is 16.8 Å². The molecule has 0 radical (unpaired) electrons. The van der Waals surface area contributed by atoms with Crippen LogP contribution in [0, 0.1) is 18.4 Å². The van der Waals surface area contributed by atoms with Crippen LogP contribution in [0.15, 0.2) is 92.9 Å². The normalized spacial score (nSPS) is 16.9. The van der Waals surface area contributed by atoms with Crippen molar-refractivity contribution in [2.45, 2.75) is 17.2 Å². The predicted octanol–water partition coefficient (Wildman–Crippen LogP) is 4.71. The summed E-state index contributed by atoms with van der Waals surface area (Å²) in [6.07, 6.45) is 4.76. The number of aryl methyl sites for hydroxylation is 1. The number of aromatic nitrogens is 1. The van der Waals surface area contributed by atoms with Gasteiger partial charge in [0.15, 0.2) is 12.2 Å². The van der Waals surface area contributed by atoms with E-state index in [4.69, 9.17) is 4.42 Å². The topological polar surface area (TPSA) is 115 Å². The average Bonchev–Trinajstić information content (AvgIpc) is 3.63. The summed E-state index contributed by atoms with van der Waals surface area (Å²) in [4.78, 5) is 10.6. The molecular formula is C26H24N6O3S2. The molecular weight excluding hydrogens is 508 g/mol. The third-order valence-corrected chi connectivity index (χ3v) is 9.66. The molecule has 1 atom stereocenters. The van der Waals surface area contributed by atoms with Gasteiger partial charge in [0.1, 0.15) is 4.21 Å². The number of nitrogens with zero attached hydrogens (tertiary/aromatic N) is 5. The number of nitrogens with one attached hydrogen (secondary N) is 1. The van der Waals surface area contributed by atoms with E-state index in [1.165, 1.54) is 10.7 Å². The molecule has 0 aliphatic carbocycles. The highest BCUT2D eigenvalue weighted by atomic mass is 32.2. The largest absolute Gasteiger partial charge is 0.443 e. The number of thiophene rings is 1. The van der Waals surface area contributed by atoms with Gasteiger partial charge in [-0.2, -0.15) is 9.57 Å². The zero-order valence-electron chi connectivity index (χ0n) is 20.0. The van der Waals surface area contributed by atoms with Gasteiger partial charge in [-0.3, -0.25) is 0 Å². The third-order valence-electron chi connectivity index (χ3n) is 6.18. The quantitative estimate of drug-likeness (QED) is 0.225. The number of guanidine groups is 1. The number of nitriles is 1. The van der Waals surface area contributed by atoms with Gasteiger partial charge in [-0.05, 0) is 36.2 Å². The van der Waals surface area contributed by atoms with Crippen molar-refractivity contribution in [1.82, 2.24) is 14.2 Å². The summed E-state index contributed by atoms with van der Waals surface area (Å²) in [5.74, 6) is 0.911. The number of oxazole rings is 1. The fourth-order valence-electron chi connectivity index (χ4n) is 4.30. The molecule has 4 aromatic rings. The van der Waals surface area contributed by atoms with Gasteiger partial charge in [0.25, 0.3) is 10.0 Å². The van der Waals surface area contributed by atoms with E-state index in [1.54, 1.807) is 18.3 Å². The summed E-state index contributed by atoms with van der Waals surface area (Å²) in [5.41, 5.74) is 2.70. The van der Waals surface area contributed by atoms with Gasteiger partial charge in [0.2, 0.25) is 12.2 Å². The summed E-state index contributed by atoms with van der Waals surface area (Å²) in [6.45, 7) is 2.88. The number of sulfonamides is 1. The molecule has 2 aromatic carbocycles. The van der Waals surface area contributed by atoms with E-state index >= 15 is 0 Å². The van der Waals surface area contributed by atoms with Crippen molar-refractivity contribution in [3.63, 3.8) is 0 Å². The van der Waals surface area contributed by atoms with Crippen LogP contribution in [-0.2, 0) is 10.0 Å². The molecule has 2 aromatic heterocycles. The second kappa shape index (κ2) is 10.6. The molecule has 1 fully saturated rings. The molecule has 9 nitrogen and oxygen atoms in total. The van der Waals surface area contributed by atoms with Crippen LogP contribution in [0.1, 0.15) is 17.2 Å². The minimum Gasteiger partial charge on any atom is -0.443 e. The van der Waals surface area contributed by atoms with E-state index in [0.717, 1.165) is 28.2 Å². The highest BCUT2D eigenvalue weighted by Crippen LogP contribution is 2.36. The van der Waals surface area contributed by atoms with Crippen LogP contribution in [0.2, 0.25) is 0 Å². The van der Waals surface area contributed by atoms with Crippen LogP contribution in [0.25, 0.3) is 10.6 Å². The number of hydrogen-bond acceptors (Lipinski definition) is 7. The van der Waals surface area contributed by atoms with Crippen molar-refractivity contribution in [3.05, 3.63) is 90.4 Å². The molecule has 1 aliphatic heterocycles. The van der Waals surface area contributed by atoms with Gasteiger partial charge in [-0.25, -0.2) is 13.4 Å². The fraction of sp³-hybridized carbons (Fsp3) is 0.192. The highest BCUT2D eigenvalue weighted by Gasteiger charge is 2.39. The van der Waals surface area contributed by atoms with Gasteiger partial charge in [-0.15, -0.1) is 16.3 Å². The lowest BCUT2D eigenvalue weighted by Crippen LogP contribution is -2.53. The number of para-hydroxylation sites is 1. The lowest BCUT2D eigenvalue weighted by atomic mass is 10.0. The summed E-state index contributed by atoms with van der Waals surface area (Å²) in [6, 6.07) is 20.1. The number of anilines is 1. The van der Waals surface area contributed by atoms with Gasteiger partial charge >= 0.3 is 0 Å². The maximum atomic E-state index is 13.9. The van der Waals surface area contributed by atoms with Gasteiger partial charge in [0.05, 0.1) is 17.1 Å². The fourth-order valence-corrected chi connectivity index (χ4v) is 7.28. The summed E-state index contributed by atoms with van der Waals surface area (Å²) >= 11 is 1.15. The Morgan fingerprint density at radius 1 is 1.14 bits per heavy atom. The minimum absolute atomic E-state index is 0.220. The van der Waals surface area contributed by atoms with E-state index in [2.05, 4.69) is 15.3 Å². The Balaban J connectivity index is 1.46. The predicted molar refractivity (Wildman–Crippen MR) is 142 cm³/mol. The SMILES string of the molecule is Cc1ccccc1N/C(=N/C#N)N1CCN(S(=O)(=O)c2ccc(-c3cnco3)s2)C(c2ccccc2)C1. The first-order chi connectivity index (χ1) is 18.0. The van der Waals surface area contributed by atoms with E-state index in [-0.39, 0.29) is 10.8 Å². The Kier molecular flexibility index (Phi) is 7.05. The number of hydrogen-bond donors (Lipinski definition) is 1. The molecule has 37 heavy (non-hydrogen) atoms. The summed E-state index contributed by atoms with van der Waals surface area (Å²) < 4.78 is 34.8. The molecule has 3 heterocycles. The Bertz CT molecular complexity index is 1540. The summed E-state index contributed by atoms with van der Waals surface area (Å²) in [7, 11) is -3.82. The lowest BCUT2D eigenvalue weighted by Gasteiger charge is -2.41. The van der Waals surface area contributed by atoms with Crippen molar-refractivity contribution in [1.29, 1.82) is 5.26 Å². The second-order valence-corrected chi connectivity index (χ2v) is 11.6. The Labute approximate surface area is 219 Å². The molecule has 188 valence electrons. The van der Waals surface area contributed by atoms with Crippen LogP contribution in [0.3, 0.4) is 0 Å². The molecule has 1 N–H and O–H groups in total. The molecule has 0 spiro atoms. The Morgan fingerprint density at radius 2 is 1.92 bits per heavy atom. The van der Waals surface area contributed by atoms with E-state index in [0.29, 0.717) is 29.7 Å². The molecule has 0 bridgehead atoms. The lowest BCUT2D eigenvalue weighted by molar-refractivity contribution is 0.195. The maximum Gasteiger partial charge on any atom is 0.253 e. The first-order valence-corrected chi connectivity index (χ1v) is 13.8. The first-order valence-electron chi connectivity index (χ1n) is 11.6. The standard InChI is InChI=1S/C26H24N6O3S2/c1-19-7-5-6-10-21(19)30-26(29-17-27)31-13-14-32(22(16-31)20-8-3-2-4-9-20)37(33,34)25-12-11-24(36-25)23-15-28-18-35-23/h2-12,15,18,22H,13-14,16H2,1H3,(H,29,30). The van der Waals surface area contributed by atoms with Crippen molar-refractivity contribution in [2.24, 2.45) is 4.99 Å². The number of aliphatic imine (C=N–C) groups is 1. The monoisotopic (exact) mass is 532 g/mol. The Hall–Kier alpha value is -3.98. The zero-order chi connectivity index (χ0) is 25.8. The van der Waals surface area contributed by atoms with E-state index in [1.807, 2.05) is 72.6 Å². The highest BCUT2D eigenvalue weighted by molar-refractivity contribution is 7.91. The second-order valence-electron chi connectivity index (χ2n) is 8.45. The summed E-state index contributed by atoms with van der Waals surface area (Å²) in [5, 5.41) is 12.7. The molecule has 1 aliphatic rings. The zero-order valence-corrected chi connectivity index (χ0v) is 21.6. The molecule has 5 rings (SSSR count). The van der Waals surface area contributed by atoms with Gasteiger partial charge in [-0.1, -0.05) is 48.5 Å². The third kappa shape index (κ3) is 5.13. The van der Waals surface area contributed by atoms with Crippen LogP contribution >= 0.6 is 11.3 Å². The van der Waals surface area contributed by atoms with Crippen LogP contribution in [0.5, 0.6) is 0 Å². The van der Waals surface area contributed by atoms with Crippen LogP contribution in [-0.4, -0.2) is 48.2 Å². The van der Waals surface area contributed by atoms with Gasteiger partial charge < -0.3 is 14.6 Å². The molecule has 0 saturated carbocycles. The number of benzene rings is 2.